The summed E-state index contributed by atoms with van der Waals surface area (Å²) in [7, 11) is 1.72. The van der Waals surface area contributed by atoms with E-state index in [2.05, 4.69) is 50.3 Å². The maximum atomic E-state index is 12.7. The summed E-state index contributed by atoms with van der Waals surface area (Å²) in [6.07, 6.45) is 12.2. The van der Waals surface area contributed by atoms with Crippen LogP contribution in [0.3, 0.4) is 0 Å². The van der Waals surface area contributed by atoms with Gasteiger partial charge in [0.15, 0.2) is 11.5 Å². The highest BCUT2D eigenvalue weighted by molar-refractivity contribution is 5.82. The van der Waals surface area contributed by atoms with E-state index in [9.17, 15) is 4.79 Å². The smallest absolute Gasteiger partial charge is 0.330 e. The Hall–Kier alpha value is -2.37. The highest BCUT2D eigenvalue weighted by Gasteiger charge is 2.52. The lowest BCUT2D eigenvalue weighted by molar-refractivity contribution is -0.0539. The van der Waals surface area contributed by atoms with Gasteiger partial charge in [-0.3, -0.25) is 9.13 Å². The van der Waals surface area contributed by atoms with E-state index < -0.39 is 0 Å². The van der Waals surface area contributed by atoms with Crippen molar-refractivity contribution in [2.24, 2.45) is 29.7 Å². The van der Waals surface area contributed by atoms with Crippen LogP contribution >= 0.6 is 0 Å². The first-order valence-electron chi connectivity index (χ1n) is 12.1. The van der Waals surface area contributed by atoms with Crippen molar-refractivity contribution >= 4 is 17.0 Å². The van der Waals surface area contributed by atoms with Crippen LogP contribution < -0.4 is 11.4 Å². The maximum Gasteiger partial charge on any atom is 0.330 e. The maximum absolute atomic E-state index is 12.7. The van der Waals surface area contributed by atoms with Gasteiger partial charge in [0.25, 0.3) is 0 Å². The van der Waals surface area contributed by atoms with Gasteiger partial charge in [0, 0.05) is 13.6 Å². The molecule has 0 amide bonds. The summed E-state index contributed by atoms with van der Waals surface area (Å²) in [5, 5.41) is 0. The Morgan fingerprint density at radius 1 is 1.31 bits per heavy atom. The zero-order valence-corrected chi connectivity index (χ0v) is 20.4. The zero-order chi connectivity index (χ0) is 23.3. The molecule has 2 fully saturated rings. The lowest BCUT2D eigenvalue weighted by Gasteiger charge is -2.58. The second kappa shape index (κ2) is 8.20. The van der Waals surface area contributed by atoms with Gasteiger partial charge in [0.2, 0.25) is 0 Å². The van der Waals surface area contributed by atoms with Crippen LogP contribution in [0, 0.1) is 22.7 Å². The Balaban J connectivity index is 1.51. The number of aromatic nitrogens is 4. The number of hydrogen-bond donors (Lipinski definition) is 1. The molecule has 32 heavy (non-hydrogen) atoms. The molecule has 2 aromatic rings. The summed E-state index contributed by atoms with van der Waals surface area (Å²) in [6, 6.07) is 0. The molecule has 0 unspecified atom stereocenters. The average molecular weight is 438 g/mol. The number of aryl methyl sites for hydroxylation is 1. The number of nitrogens with two attached hydrogens (primary N) is 1. The Morgan fingerprint density at radius 2 is 2.06 bits per heavy atom. The molecule has 6 heteroatoms. The van der Waals surface area contributed by atoms with Crippen molar-refractivity contribution in [1.82, 2.24) is 19.1 Å². The summed E-state index contributed by atoms with van der Waals surface area (Å²) in [5.41, 5.74) is 10.7. The molecule has 0 saturated heterocycles. The molecular formula is C26H39N5O. The Kier molecular flexibility index (Phi) is 5.84. The van der Waals surface area contributed by atoms with Gasteiger partial charge in [-0.1, -0.05) is 51.0 Å². The SMILES string of the molecule is C=C1CC[C@@H]2C(C)(C)CCC[C@@]2(C)[C@@H]1CC/C(C)=C/Cn1c(=O)n(C)c2ncnc(N)c21. The van der Waals surface area contributed by atoms with Gasteiger partial charge >= 0.3 is 5.69 Å². The van der Waals surface area contributed by atoms with E-state index in [0.717, 1.165) is 18.8 Å². The number of rotatable bonds is 5. The van der Waals surface area contributed by atoms with Crippen molar-refractivity contribution in [2.45, 2.75) is 79.2 Å². The molecule has 2 aromatic heterocycles. The van der Waals surface area contributed by atoms with E-state index >= 15 is 0 Å². The lowest BCUT2D eigenvalue weighted by atomic mass is 9.47. The number of nitrogens with zero attached hydrogens (tertiary/aromatic N) is 4. The molecular weight excluding hydrogens is 398 g/mol. The summed E-state index contributed by atoms with van der Waals surface area (Å²) >= 11 is 0. The van der Waals surface area contributed by atoms with Crippen LogP contribution in [0.2, 0.25) is 0 Å². The molecule has 2 aliphatic rings. The molecule has 2 saturated carbocycles. The van der Waals surface area contributed by atoms with Gasteiger partial charge in [-0.25, -0.2) is 14.8 Å². The van der Waals surface area contributed by atoms with Gasteiger partial charge in [-0.15, -0.1) is 0 Å². The number of fused-ring (bicyclic) bond motifs is 2. The van der Waals surface area contributed by atoms with E-state index in [1.165, 1.54) is 54.1 Å². The average Bonchev–Trinajstić information content (AvgIpc) is 2.96. The predicted molar refractivity (Wildman–Crippen MR) is 131 cm³/mol. The van der Waals surface area contributed by atoms with Crippen LogP contribution in [0.15, 0.2) is 34.9 Å². The van der Waals surface area contributed by atoms with E-state index in [0.29, 0.717) is 40.3 Å². The summed E-state index contributed by atoms with van der Waals surface area (Å²) in [4.78, 5) is 21.0. The molecule has 2 N–H and O–H groups in total. The van der Waals surface area contributed by atoms with E-state index in [-0.39, 0.29) is 5.69 Å². The summed E-state index contributed by atoms with van der Waals surface area (Å²) in [5.74, 6) is 1.70. The normalized spacial score (nSPS) is 28.2. The molecule has 3 atom stereocenters. The van der Waals surface area contributed by atoms with Gasteiger partial charge in [-0.2, -0.15) is 0 Å². The number of hydrogen-bond acceptors (Lipinski definition) is 4. The third-order valence-electron chi connectivity index (χ3n) is 8.71. The highest BCUT2D eigenvalue weighted by Crippen LogP contribution is 2.61. The molecule has 2 heterocycles. The first kappa shape index (κ1) is 22.8. The lowest BCUT2D eigenvalue weighted by Crippen LogP contribution is -2.49. The second-order valence-electron chi connectivity index (χ2n) is 11.1. The first-order valence-corrected chi connectivity index (χ1v) is 12.1. The third-order valence-corrected chi connectivity index (χ3v) is 8.71. The molecule has 4 rings (SSSR count). The van der Waals surface area contributed by atoms with Crippen molar-refractivity contribution < 1.29 is 0 Å². The van der Waals surface area contributed by atoms with Crippen LogP contribution in [-0.4, -0.2) is 19.1 Å². The van der Waals surface area contributed by atoms with E-state index in [1.807, 2.05) is 0 Å². The standard InChI is InChI=1S/C26H39N5O/c1-17(12-15-31-21-22(27)28-16-29-23(21)30(6)24(31)32)8-10-19-18(2)9-11-20-25(3,4)13-7-14-26(19,20)5/h12,16,19-20H,2,7-11,13-15H2,1,3-6H3,(H2,27,28,29)/b17-12+/t19-,20-,26+/m1/s1. The molecule has 0 radical (unpaired) electrons. The summed E-state index contributed by atoms with van der Waals surface area (Å²) < 4.78 is 3.21. The predicted octanol–water partition coefficient (Wildman–Crippen LogP) is 5.24. The molecule has 0 aromatic carbocycles. The minimum absolute atomic E-state index is 0.114. The minimum Gasteiger partial charge on any atom is -0.382 e. The largest absolute Gasteiger partial charge is 0.382 e. The number of anilines is 1. The number of allylic oxidation sites excluding steroid dienone is 3. The Labute approximate surface area is 191 Å². The van der Waals surface area contributed by atoms with Gasteiger partial charge in [-0.05, 0) is 68.1 Å². The second-order valence-corrected chi connectivity index (χ2v) is 11.1. The topological polar surface area (TPSA) is 78.7 Å². The third kappa shape index (κ3) is 3.71. The number of nitrogen functional groups attached to an aromatic ring is 1. The van der Waals surface area contributed by atoms with Crippen LogP contribution in [-0.2, 0) is 13.6 Å². The fourth-order valence-corrected chi connectivity index (χ4v) is 6.95. The van der Waals surface area contributed by atoms with Crippen LogP contribution in [0.25, 0.3) is 11.2 Å². The Bertz CT molecular complexity index is 1120. The van der Waals surface area contributed by atoms with Crippen LogP contribution in [0.4, 0.5) is 5.82 Å². The van der Waals surface area contributed by atoms with Crippen molar-refractivity contribution in [3.05, 3.63) is 40.6 Å². The van der Waals surface area contributed by atoms with Crippen molar-refractivity contribution in [1.29, 1.82) is 0 Å². The molecule has 0 bridgehead atoms. The molecule has 174 valence electrons. The van der Waals surface area contributed by atoms with Gasteiger partial charge in [0.05, 0.1) is 0 Å². The molecule has 2 aliphatic carbocycles. The zero-order valence-electron chi connectivity index (χ0n) is 20.4. The monoisotopic (exact) mass is 437 g/mol. The molecule has 0 aliphatic heterocycles. The quantitative estimate of drug-likeness (QED) is 0.649. The molecule has 0 spiro atoms. The highest BCUT2D eigenvalue weighted by atomic mass is 16.1. The minimum atomic E-state index is -0.114. The summed E-state index contributed by atoms with van der Waals surface area (Å²) in [6.45, 7) is 14.7. The van der Waals surface area contributed by atoms with Crippen molar-refractivity contribution in [3.63, 3.8) is 0 Å². The van der Waals surface area contributed by atoms with Gasteiger partial charge in [0.1, 0.15) is 11.8 Å². The fraction of sp³-hybridized carbons (Fsp3) is 0.654. The first-order chi connectivity index (χ1) is 15.1. The van der Waals surface area contributed by atoms with Crippen LogP contribution in [0.1, 0.15) is 72.6 Å². The fourth-order valence-electron chi connectivity index (χ4n) is 6.95. The van der Waals surface area contributed by atoms with Crippen molar-refractivity contribution in [2.75, 3.05) is 5.73 Å². The Morgan fingerprint density at radius 3 is 2.81 bits per heavy atom. The number of imidazole rings is 1. The van der Waals surface area contributed by atoms with E-state index in [1.54, 1.807) is 11.6 Å². The van der Waals surface area contributed by atoms with Gasteiger partial charge < -0.3 is 5.73 Å². The van der Waals surface area contributed by atoms with E-state index in [4.69, 9.17) is 5.73 Å². The van der Waals surface area contributed by atoms with Crippen molar-refractivity contribution in [3.8, 4) is 0 Å². The molecule has 6 nitrogen and oxygen atoms in total. The van der Waals surface area contributed by atoms with Crippen LogP contribution in [0.5, 0.6) is 0 Å².